The molecule has 2 heterocycles. The van der Waals surface area contributed by atoms with Crippen molar-refractivity contribution in [1.82, 2.24) is 15.4 Å². The first-order valence-corrected chi connectivity index (χ1v) is 14.2. The average molecular weight is 608 g/mol. The van der Waals surface area contributed by atoms with Crippen LogP contribution in [0.5, 0.6) is 11.5 Å². The molecule has 0 radical (unpaired) electrons. The minimum absolute atomic E-state index is 0.0365. The van der Waals surface area contributed by atoms with Gasteiger partial charge in [0.05, 0.1) is 35.7 Å². The number of halogens is 2. The number of rotatable bonds is 10. The highest BCUT2D eigenvalue weighted by molar-refractivity contribution is 6.31. The zero-order valence-corrected chi connectivity index (χ0v) is 24.4. The van der Waals surface area contributed by atoms with Crippen molar-refractivity contribution in [2.24, 2.45) is 5.10 Å². The van der Waals surface area contributed by atoms with Crippen LogP contribution in [-0.4, -0.2) is 59.7 Å². The predicted octanol–water partition coefficient (Wildman–Crippen LogP) is 6.04. The Labute approximate surface area is 252 Å². The number of hydrazone groups is 1. The normalized spacial score (nSPS) is 14.7. The van der Waals surface area contributed by atoms with Crippen LogP contribution in [0.25, 0.3) is 10.9 Å². The summed E-state index contributed by atoms with van der Waals surface area (Å²) in [6.07, 6.45) is 3.25. The molecule has 0 spiro atoms. The summed E-state index contributed by atoms with van der Waals surface area (Å²) in [5.41, 5.74) is 5.17. The zero-order chi connectivity index (χ0) is 30.3. The highest BCUT2D eigenvalue weighted by Gasteiger charge is 2.21. The quantitative estimate of drug-likeness (QED) is 0.127. The lowest BCUT2D eigenvalue weighted by Crippen LogP contribution is -2.25. The number of aromatic nitrogens is 2. The molecule has 13 heteroatoms. The number of aromatic hydroxyl groups is 1. The Kier molecular flexibility index (Phi) is 9.38. The molecular formula is C30H31ClFN7O4. The predicted molar refractivity (Wildman–Crippen MR) is 165 cm³/mol. The summed E-state index contributed by atoms with van der Waals surface area (Å²) in [4.78, 5) is 23.7. The standard InChI is InChI=1S/C30H31ClFN7O4/c1-3-39(4-2)20-7-5-18(27(40)12-20)15-35-38-30(41)37-26-13-22-25(14-28(26)43-21-9-10-42-16-21)33-17-34-29(22)36-19-6-8-24(32)23(31)11-19/h5-8,11-15,17,21,40H,3-4,9-10,16H2,1-2H3,(H,33,34,36)(H2,37,38,41)/b35-15+. The van der Waals surface area contributed by atoms with Gasteiger partial charge in [0.2, 0.25) is 0 Å². The van der Waals surface area contributed by atoms with Crippen LogP contribution in [0, 0.1) is 5.82 Å². The van der Waals surface area contributed by atoms with E-state index in [0.717, 1.165) is 18.8 Å². The fourth-order valence-corrected chi connectivity index (χ4v) is 4.79. The number of fused-ring (bicyclic) bond motifs is 1. The molecule has 224 valence electrons. The van der Waals surface area contributed by atoms with Crippen LogP contribution < -0.4 is 25.7 Å². The van der Waals surface area contributed by atoms with Crippen molar-refractivity contribution in [3.63, 3.8) is 0 Å². The Morgan fingerprint density at radius 3 is 2.77 bits per heavy atom. The number of hydrogen-bond acceptors (Lipinski definition) is 9. The first-order valence-electron chi connectivity index (χ1n) is 13.8. The molecule has 0 aliphatic carbocycles. The Morgan fingerprint density at radius 2 is 2.05 bits per heavy atom. The molecule has 1 aromatic heterocycles. The number of amides is 2. The first kappa shape index (κ1) is 29.8. The number of nitrogens with one attached hydrogen (secondary N) is 3. The van der Waals surface area contributed by atoms with Gasteiger partial charge >= 0.3 is 6.03 Å². The van der Waals surface area contributed by atoms with Crippen molar-refractivity contribution in [2.75, 3.05) is 41.8 Å². The van der Waals surface area contributed by atoms with Gasteiger partial charge in [0.1, 0.15) is 35.6 Å². The highest BCUT2D eigenvalue weighted by atomic mass is 35.5. The lowest BCUT2D eigenvalue weighted by atomic mass is 10.1. The highest BCUT2D eigenvalue weighted by Crippen LogP contribution is 2.35. The second-order valence-corrected chi connectivity index (χ2v) is 10.1. The van der Waals surface area contributed by atoms with Crippen LogP contribution in [0.3, 0.4) is 0 Å². The number of carbonyl (C=O) groups is 1. The largest absolute Gasteiger partial charge is 0.507 e. The number of carbonyl (C=O) groups excluding carboxylic acids is 1. The van der Waals surface area contributed by atoms with E-state index in [1.54, 1.807) is 24.3 Å². The molecular weight excluding hydrogens is 577 g/mol. The minimum atomic E-state index is -0.640. The molecule has 11 nitrogen and oxygen atoms in total. The lowest BCUT2D eigenvalue weighted by molar-refractivity contribution is 0.142. The third-order valence-corrected chi connectivity index (χ3v) is 7.15. The van der Waals surface area contributed by atoms with Crippen LogP contribution in [0.15, 0.2) is 60.0 Å². The first-order chi connectivity index (χ1) is 20.8. The average Bonchev–Trinajstić information content (AvgIpc) is 3.50. The van der Waals surface area contributed by atoms with E-state index in [2.05, 4.69) is 36.0 Å². The van der Waals surface area contributed by atoms with Gasteiger partial charge in [-0.15, -0.1) is 0 Å². The number of phenolic OH excluding ortho intramolecular Hbond substituents is 1. The second-order valence-electron chi connectivity index (χ2n) is 9.68. The maximum Gasteiger partial charge on any atom is 0.339 e. The van der Waals surface area contributed by atoms with Crippen LogP contribution in [-0.2, 0) is 4.74 Å². The zero-order valence-electron chi connectivity index (χ0n) is 23.6. The molecule has 1 aliphatic rings. The van der Waals surface area contributed by atoms with Crippen LogP contribution in [0.2, 0.25) is 5.02 Å². The summed E-state index contributed by atoms with van der Waals surface area (Å²) in [6.45, 7) is 6.70. The van der Waals surface area contributed by atoms with E-state index in [1.165, 1.54) is 30.7 Å². The molecule has 2 amide bonds. The van der Waals surface area contributed by atoms with Gasteiger partial charge in [0.25, 0.3) is 0 Å². The fraction of sp³-hybridized carbons (Fsp3) is 0.267. The summed E-state index contributed by atoms with van der Waals surface area (Å²) in [7, 11) is 0. The SMILES string of the molecule is CCN(CC)c1ccc(/C=N/NC(=O)Nc2cc3c(Nc4ccc(F)c(Cl)c4)ncnc3cc2OC2CCOC2)c(O)c1. The van der Waals surface area contributed by atoms with Crippen LogP contribution >= 0.6 is 11.6 Å². The van der Waals surface area contributed by atoms with Crippen molar-refractivity contribution in [2.45, 2.75) is 26.4 Å². The third kappa shape index (κ3) is 7.22. The van der Waals surface area contributed by atoms with E-state index < -0.39 is 11.8 Å². The van der Waals surface area contributed by atoms with E-state index in [1.807, 2.05) is 19.9 Å². The van der Waals surface area contributed by atoms with E-state index in [0.29, 0.717) is 59.0 Å². The Hall–Kier alpha value is -4.68. The summed E-state index contributed by atoms with van der Waals surface area (Å²) in [6, 6.07) is 12.2. The Balaban J connectivity index is 1.37. The molecule has 0 bridgehead atoms. The number of benzene rings is 3. The van der Waals surface area contributed by atoms with Gasteiger partial charge in [-0.05, 0) is 50.2 Å². The number of urea groups is 1. The van der Waals surface area contributed by atoms with E-state index >= 15 is 0 Å². The van der Waals surface area contributed by atoms with Gasteiger partial charge in [-0.3, -0.25) is 0 Å². The van der Waals surface area contributed by atoms with Gasteiger partial charge < -0.3 is 30.1 Å². The summed E-state index contributed by atoms with van der Waals surface area (Å²) < 4.78 is 25.3. The molecule has 4 N–H and O–H groups in total. The molecule has 5 rings (SSSR count). The van der Waals surface area contributed by atoms with Crippen LogP contribution in [0.1, 0.15) is 25.8 Å². The van der Waals surface area contributed by atoms with E-state index in [4.69, 9.17) is 21.1 Å². The molecule has 0 saturated carbocycles. The third-order valence-electron chi connectivity index (χ3n) is 6.86. The van der Waals surface area contributed by atoms with Gasteiger partial charge in [-0.1, -0.05) is 11.6 Å². The summed E-state index contributed by atoms with van der Waals surface area (Å²) in [5.74, 6) is 0.307. The molecule has 43 heavy (non-hydrogen) atoms. The maximum absolute atomic E-state index is 13.7. The molecule has 1 saturated heterocycles. The number of anilines is 4. The van der Waals surface area contributed by atoms with Gasteiger partial charge in [0.15, 0.2) is 0 Å². The van der Waals surface area contributed by atoms with E-state index in [-0.39, 0.29) is 16.9 Å². The summed E-state index contributed by atoms with van der Waals surface area (Å²) in [5, 5.41) is 20.9. The number of ether oxygens (including phenoxy) is 2. The smallest absolute Gasteiger partial charge is 0.339 e. The van der Waals surface area contributed by atoms with E-state index in [9.17, 15) is 14.3 Å². The molecule has 1 fully saturated rings. The lowest BCUT2D eigenvalue weighted by Gasteiger charge is -2.21. The van der Waals surface area contributed by atoms with Crippen molar-refractivity contribution < 1.29 is 23.8 Å². The van der Waals surface area contributed by atoms with Crippen molar-refractivity contribution in [3.05, 3.63) is 71.3 Å². The molecule has 1 aliphatic heterocycles. The molecule has 1 unspecified atom stereocenters. The van der Waals surface area contributed by atoms with Crippen molar-refractivity contribution in [3.8, 4) is 11.5 Å². The summed E-state index contributed by atoms with van der Waals surface area (Å²) >= 11 is 5.95. The number of hydrogen-bond donors (Lipinski definition) is 4. The van der Waals surface area contributed by atoms with Crippen molar-refractivity contribution >= 4 is 57.6 Å². The van der Waals surface area contributed by atoms with Gasteiger partial charge in [-0.25, -0.2) is 24.6 Å². The van der Waals surface area contributed by atoms with Gasteiger partial charge in [-0.2, -0.15) is 5.10 Å². The Bertz CT molecular complexity index is 1640. The topological polar surface area (TPSA) is 133 Å². The number of nitrogens with zero attached hydrogens (tertiary/aromatic N) is 4. The Morgan fingerprint density at radius 1 is 1.21 bits per heavy atom. The molecule has 4 aromatic rings. The maximum atomic E-state index is 13.7. The monoisotopic (exact) mass is 607 g/mol. The number of phenols is 1. The molecule has 1 atom stereocenters. The van der Waals surface area contributed by atoms with Gasteiger partial charge in [0, 0.05) is 54.0 Å². The minimum Gasteiger partial charge on any atom is -0.507 e. The van der Waals surface area contributed by atoms with Crippen molar-refractivity contribution in [1.29, 1.82) is 0 Å². The fourth-order valence-electron chi connectivity index (χ4n) is 4.61. The molecule has 3 aromatic carbocycles. The van der Waals surface area contributed by atoms with Crippen LogP contribution in [0.4, 0.5) is 32.1 Å². The second kappa shape index (κ2) is 13.5.